The highest BCUT2D eigenvalue weighted by Crippen LogP contribution is 2.26. The number of rotatable bonds is 4. The molecule has 0 saturated carbocycles. The maximum atomic E-state index is 12.4. The summed E-state index contributed by atoms with van der Waals surface area (Å²) >= 11 is 0. The standard InChI is InChI=1S/C23H19NO5/c1-13-10-21(25)29-20-11-15(8-9-16(13)20)28-12-19-22(23(26)27-3)14(2)17-6-4-5-7-18(17)24-19/h4-11H,12H2,1-3H3. The first-order valence-corrected chi connectivity index (χ1v) is 9.12. The lowest BCUT2D eigenvalue weighted by atomic mass is 10.0. The molecule has 4 rings (SSSR count). The maximum absolute atomic E-state index is 12.4. The Bertz CT molecular complexity index is 1310. The first-order chi connectivity index (χ1) is 14.0. The molecule has 146 valence electrons. The largest absolute Gasteiger partial charge is 0.487 e. The van der Waals surface area contributed by atoms with Crippen LogP contribution in [0.2, 0.25) is 0 Å². The molecular formula is C23H19NO5. The molecule has 2 aromatic carbocycles. The third-order valence-corrected chi connectivity index (χ3v) is 4.91. The summed E-state index contributed by atoms with van der Waals surface area (Å²) < 4.78 is 16.1. The van der Waals surface area contributed by atoms with Crippen LogP contribution in [0.3, 0.4) is 0 Å². The molecule has 29 heavy (non-hydrogen) atoms. The van der Waals surface area contributed by atoms with E-state index in [0.29, 0.717) is 22.6 Å². The van der Waals surface area contributed by atoms with E-state index in [1.54, 1.807) is 12.1 Å². The highest BCUT2D eigenvalue weighted by atomic mass is 16.5. The molecular weight excluding hydrogens is 370 g/mol. The molecule has 6 nitrogen and oxygen atoms in total. The van der Waals surface area contributed by atoms with Gasteiger partial charge in [-0.15, -0.1) is 0 Å². The first-order valence-electron chi connectivity index (χ1n) is 9.12. The summed E-state index contributed by atoms with van der Waals surface area (Å²) in [6.07, 6.45) is 0. The van der Waals surface area contributed by atoms with Crippen LogP contribution in [0.5, 0.6) is 5.75 Å². The zero-order valence-corrected chi connectivity index (χ0v) is 16.3. The summed E-state index contributed by atoms with van der Waals surface area (Å²) in [5.74, 6) is 0.0502. The predicted molar refractivity (Wildman–Crippen MR) is 109 cm³/mol. The number of pyridine rings is 1. The fourth-order valence-corrected chi connectivity index (χ4v) is 3.46. The van der Waals surface area contributed by atoms with Crippen LogP contribution in [0.15, 0.2) is 57.7 Å². The van der Waals surface area contributed by atoms with Gasteiger partial charge in [0.25, 0.3) is 0 Å². The molecule has 0 aliphatic carbocycles. The lowest BCUT2D eigenvalue weighted by Gasteiger charge is -2.14. The molecule has 0 fully saturated rings. The normalized spacial score (nSPS) is 11.0. The topological polar surface area (TPSA) is 78.6 Å². The van der Waals surface area contributed by atoms with E-state index >= 15 is 0 Å². The second kappa shape index (κ2) is 7.39. The lowest BCUT2D eigenvalue weighted by Crippen LogP contribution is -2.13. The van der Waals surface area contributed by atoms with Gasteiger partial charge in [-0.3, -0.25) is 0 Å². The number of nitrogens with zero attached hydrogens (tertiary/aromatic N) is 1. The van der Waals surface area contributed by atoms with E-state index in [2.05, 4.69) is 4.98 Å². The van der Waals surface area contributed by atoms with Crippen molar-refractivity contribution in [2.75, 3.05) is 7.11 Å². The molecule has 0 aliphatic heterocycles. The molecule has 4 aromatic rings. The van der Waals surface area contributed by atoms with Crippen LogP contribution in [-0.2, 0) is 11.3 Å². The number of ether oxygens (including phenoxy) is 2. The summed E-state index contributed by atoms with van der Waals surface area (Å²) in [4.78, 5) is 28.6. The van der Waals surface area contributed by atoms with Crippen LogP contribution < -0.4 is 10.4 Å². The second-order valence-electron chi connectivity index (χ2n) is 6.76. The highest BCUT2D eigenvalue weighted by molar-refractivity contribution is 5.98. The second-order valence-corrected chi connectivity index (χ2v) is 6.76. The van der Waals surface area contributed by atoms with Crippen molar-refractivity contribution < 1.29 is 18.7 Å². The van der Waals surface area contributed by atoms with Crippen molar-refractivity contribution in [2.45, 2.75) is 20.5 Å². The van der Waals surface area contributed by atoms with Gasteiger partial charge in [-0.05, 0) is 43.2 Å². The lowest BCUT2D eigenvalue weighted by molar-refractivity contribution is 0.0596. The van der Waals surface area contributed by atoms with E-state index in [0.717, 1.165) is 27.4 Å². The van der Waals surface area contributed by atoms with Crippen molar-refractivity contribution in [3.8, 4) is 5.75 Å². The average molecular weight is 389 g/mol. The molecule has 0 atom stereocenters. The van der Waals surface area contributed by atoms with Gasteiger partial charge in [-0.25, -0.2) is 14.6 Å². The van der Waals surface area contributed by atoms with E-state index in [4.69, 9.17) is 13.9 Å². The monoisotopic (exact) mass is 389 g/mol. The first kappa shape index (κ1) is 18.7. The number of esters is 1. The number of benzene rings is 2. The molecule has 0 unspecified atom stereocenters. The van der Waals surface area contributed by atoms with Gasteiger partial charge in [-0.2, -0.15) is 0 Å². The van der Waals surface area contributed by atoms with Gasteiger partial charge in [0.15, 0.2) is 0 Å². The van der Waals surface area contributed by atoms with Crippen molar-refractivity contribution in [3.63, 3.8) is 0 Å². The van der Waals surface area contributed by atoms with Crippen molar-refractivity contribution >= 4 is 27.8 Å². The number of carbonyl (C=O) groups excluding carboxylic acids is 1. The Kier molecular flexibility index (Phi) is 4.76. The Balaban J connectivity index is 1.73. The fraction of sp³-hybridized carbons (Fsp3) is 0.174. The van der Waals surface area contributed by atoms with Crippen LogP contribution in [0.25, 0.3) is 21.9 Å². The van der Waals surface area contributed by atoms with E-state index < -0.39 is 11.6 Å². The quantitative estimate of drug-likeness (QED) is 0.382. The highest BCUT2D eigenvalue weighted by Gasteiger charge is 2.20. The third kappa shape index (κ3) is 3.45. The summed E-state index contributed by atoms with van der Waals surface area (Å²) in [6.45, 7) is 3.79. The summed E-state index contributed by atoms with van der Waals surface area (Å²) in [5.41, 5.74) is 3.32. The van der Waals surface area contributed by atoms with E-state index in [1.807, 2.05) is 44.2 Å². The van der Waals surface area contributed by atoms with Crippen LogP contribution in [0.1, 0.15) is 27.2 Å². The van der Waals surface area contributed by atoms with E-state index in [9.17, 15) is 9.59 Å². The zero-order chi connectivity index (χ0) is 20.5. The van der Waals surface area contributed by atoms with Crippen LogP contribution >= 0.6 is 0 Å². The molecule has 0 amide bonds. The van der Waals surface area contributed by atoms with Gasteiger partial charge in [0.2, 0.25) is 0 Å². The molecule has 0 bridgehead atoms. The maximum Gasteiger partial charge on any atom is 0.340 e. The SMILES string of the molecule is COC(=O)c1c(COc2ccc3c(C)cc(=O)oc3c2)nc2ccccc2c1C. The van der Waals surface area contributed by atoms with Gasteiger partial charge in [0, 0.05) is 22.9 Å². The Morgan fingerprint density at radius 2 is 1.86 bits per heavy atom. The Labute approximate surface area is 166 Å². The number of fused-ring (bicyclic) bond motifs is 2. The average Bonchev–Trinajstić information content (AvgIpc) is 2.71. The minimum atomic E-state index is -0.459. The smallest absolute Gasteiger partial charge is 0.340 e. The predicted octanol–water partition coefficient (Wildman–Crippen LogP) is 4.32. The summed E-state index contributed by atoms with van der Waals surface area (Å²) in [6, 6.07) is 14.3. The van der Waals surface area contributed by atoms with E-state index in [-0.39, 0.29) is 6.61 Å². The Hall–Kier alpha value is -3.67. The number of methoxy groups -OCH3 is 1. The molecule has 0 spiro atoms. The zero-order valence-electron chi connectivity index (χ0n) is 16.3. The van der Waals surface area contributed by atoms with Gasteiger partial charge < -0.3 is 13.9 Å². The number of carbonyl (C=O) groups is 1. The molecule has 0 N–H and O–H groups in total. The number of hydrogen-bond acceptors (Lipinski definition) is 6. The summed E-state index contributed by atoms with van der Waals surface area (Å²) in [7, 11) is 1.34. The van der Waals surface area contributed by atoms with Gasteiger partial charge >= 0.3 is 11.6 Å². The van der Waals surface area contributed by atoms with Crippen molar-refractivity contribution in [1.29, 1.82) is 0 Å². The number of para-hydroxylation sites is 1. The molecule has 0 saturated heterocycles. The summed E-state index contributed by atoms with van der Waals surface area (Å²) in [5, 5.41) is 1.73. The van der Waals surface area contributed by atoms with Crippen LogP contribution in [0, 0.1) is 13.8 Å². The Morgan fingerprint density at radius 1 is 1.07 bits per heavy atom. The third-order valence-electron chi connectivity index (χ3n) is 4.91. The molecule has 2 heterocycles. The fourth-order valence-electron chi connectivity index (χ4n) is 3.46. The van der Waals surface area contributed by atoms with E-state index in [1.165, 1.54) is 13.2 Å². The van der Waals surface area contributed by atoms with Gasteiger partial charge in [-0.1, -0.05) is 18.2 Å². The minimum Gasteiger partial charge on any atom is -0.487 e. The molecule has 0 aliphatic rings. The van der Waals surface area contributed by atoms with Gasteiger partial charge in [0.05, 0.1) is 23.9 Å². The van der Waals surface area contributed by atoms with Crippen LogP contribution in [0.4, 0.5) is 0 Å². The molecule has 0 radical (unpaired) electrons. The van der Waals surface area contributed by atoms with Crippen molar-refractivity contribution in [2.24, 2.45) is 0 Å². The van der Waals surface area contributed by atoms with Crippen LogP contribution in [-0.4, -0.2) is 18.1 Å². The van der Waals surface area contributed by atoms with Crippen molar-refractivity contribution in [1.82, 2.24) is 4.98 Å². The minimum absolute atomic E-state index is 0.0671. The number of aromatic nitrogens is 1. The molecule has 2 aromatic heterocycles. The number of aryl methyl sites for hydroxylation is 2. The Morgan fingerprint density at radius 3 is 2.66 bits per heavy atom. The van der Waals surface area contributed by atoms with Crippen molar-refractivity contribution in [3.05, 3.63) is 81.3 Å². The van der Waals surface area contributed by atoms with Gasteiger partial charge in [0.1, 0.15) is 17.9 Å². The number of hydrogen-bond donors (Lipinski definition) is 0. The molecule has 6 heteroatoms.